The van der Waals surface area contributed by atoms with Crippen LogP contribution in [0.2, 0.25) is 0 Å². The molecule has 0 spiro atoms. The maximum Gasteiger partial charge on any atom is 0.219 e. The first kappa shape index (κ1) is 11.3. The van der Waals surface area contributed by atoms with Crippen LogP contribution < -0.4 is 5.73 Å². The van der Waals surface area contributed by atoms with E-state index >= 15 is 0 Å². The van der Waals surface area contributed by atoms with Crippen molar-refractivity contribution in [3.05, 3.63) is 12.7 Å². The lowest BCUT2D eigenvalue weighted by Gasteiger charge is -2.09. The van der Waals surface area contributed by atoms with Crippen molar-refractivity contribution >= 4 is 16.5 Å². The molecule has 2 N–H and O–H groups in total. The van der Waals surface area contributed by atoms with Gasteiger partial charge in [0, 0.05) is 6.92 Å². The minimum absolute atomic E-state index is 0.214. The van der Waals surface area contributed by atoms with Crippen LogP contribution in [0.4, 0.5) is 0 Å². The fourth-order valence-corrected chi connectivity index (χ4v) is 1.51. The Kier molecular flexibility index (Phi) is 5.57. The van der Waals surface area contributed by atoms with Crippen molar-refractivity contribution in [1.82, 2.24) is 0 Å². The summed E-state index contributed by atoms with van der Waals surface area (Å²) in [5, 5.41) is 0. The van der Waals surface area contributed by atoms with Crippen molar-refractivity contribution in [3.8, 4) is 0 Å². The van der Waals surface area contributed by atoms with E-state index in [0.717, 1.165) is 0 Å². The van der Waals surface area contributed by atoms with Crippen molar-refractivity contribution in [3.63, 3.8) is 0 Å². The second kappa shape index (κ2) is 5.91. The summed E-state index contributed by atoms with van der Waals surface area (Å²) in [6.45, 7) is 4.75. The number of carbonyl (C=O) groups excluding carboxylic acids is 1. The van der Waals surface area contributed by atoms with E-state index in [1.807, 2.05) is 0 Å². The van der Waals surface area contributed by atoms with E-state index in [9.17, 15) is 9.00 Å². The molecular weight excluding hydrogens is 176 g/mol. The zero-order chi connectivity index (χ0) is 9.56. The number of carbonyl (C=O) groups is 1. The normalized spacial score (nSPS) is 15.5. The highest BCUT2D eigenvalue weighted by Gasteiger charge is 1.93. The topological polar surface area (TPSA) is 72.5 Å². The van der Waals surface area contributed by atoms with Crippen molar-refractivity contribution in [1.29, 1.82) is 0 Å². The van der Waals surface area contributed by atoms with Gasteiger partial charge in [-0.25, -0.2) is 0 Å². The molecule has 70 valence electrons. The summed E-state index contributed by atoms with van der Waals surface area (Å²) in [6, 6.07) is -0.230. The first-order valence-electron chi connectivity index (χ1n) is 3.53. The first-order chi connectivity index (χ1) is 5.56. The monoisotopic (exact) mass is 189 g/mol. The lowest BCUT2D eigenvalue weighted by molar-refractivity contribution is -0.115. The Morgan fingerprint density at radius 2 is 2.42 bits per heavy atom. The van der Waals surface area contributed by atoms with E-state index in [2.05, 4.69) is 10.9 Å². The number of hydrogen-bond donors (Lipinski definition) is 1. The van der Waals surface area contributed by atoms with Crippen LogP contribution in [0, 0.1) is 0 Å². The molecule has 0 saturated heterocycles. The van der Waals surface area contributed by atoms with Crippen LogP contribution in [0.5, 0.6) is 0 Å². The van der Waals surface area contributed by atoms with Crippen molar-refractivity contribution in [2.45, 2.75) is 19.4 Å². The van der Waals surface area contributed by atoms with Gasteiger partial charge in [0.1, 0.15) is 0 Å². The van der Waals surface area contributed by atoms with Gasteiger partial charge in [0.25, 0.3) is 0 Å². The van der Waals surface area contributed by atoms with Gasteiger partial charge >= 0.3 is 0 Å². The molecule has 0 aromatic rings. The Labute approximate surface area is 74.1 Å². The minimum Gasteiger partial charge on any atom is -0.444 e. The molecule has 1 atom stereocenters. The van der Waals surface area contributed by atoms with Gasteiger partial charge in [-0.2, -0.15) is 10.6 Å². The van der Waals surface area contributed by atoms with Crippen LogP contribution in [0.15, 0.2) is 17.0 Å². The van der Waals surface area contributed by atoms with E-state index in [4.69, 9.17) is 5.73 Å². The molecule has 0 aliphatic heterocycles. The largest absolute Gasteiger partial charge is 0.444 e. The van der Waals surface area contributed by atoms with Gasteiger partial charge in [-0.3, -0.25) is 4.79 Å². The third-order valence-corrected chi connectivity index (χ3v) is 2.23. The third-order valence-electron chi connectivity index (χ3n) is 1.06. The fraction of sp³-hybridized carbons (Fsp3) is 0.571. The van der Waals surface area contributed by atoms with E-state index < -0.39 is 16.5 Å². The van der Waals surface area contributed by atoms with Crippen LogP contribution in [0.3, 0.4) is 0 Å². The molecule has 0 radical (unpaired) electrons. The highest BCUT2D eigenvalue weighted by molar-refractivity contribution is 7.75. The van der Waals surface area contributed by atoms with Gasteiger partial charge in [-0.15, -0.1) is 6.58 Å². The molecule has 0 aromatic heterocycles. The minimum atomic E-state index is -1.48. The van der Waals surface area contributed by atoms with Crippen molar-refractivity contribution in [2.24, 2.45) is 10.1 Å². The van der Waals surface area contributed by atoms with Crippen LogP contribution in [0.1, 0.15) is 13.3 Å². The molecule has 4 nitrogen and oxygen atoms in total. The second-order valence-corrected chi connectivity index (χ2v) is 3.54. The van der Waals surface area contributed by atoms with E-state index in [1.54, 1.807) is 6.08 Å². The van der Waals surface area contributed by atoms with E-state index in [1.165, 1.54) is 6.92 Å². The predicted molar refractivity (Wildman–Crippen MR) is 48.8 cm³/mol. The molecule has 0 saturated carbocycles. The van der Waals surface area contributed by atoms with Gasteiger partial charge in [0.2, 0.25) is 5.91 Å². The Morgan fingerprint density at radius 3 is 2.83 bits per heavy atom. The number of rotatable bonds is 4. The molecular formula is C7H13N2O2S-. The molecule has 0 bridgehead atoms. The number of nitrogens with zero attached hydrogens (tertiary/aromatic N) is 1. The molecule has 0 rings (SSSR count). The molecule has 5 heteroatoms. The zero-order valence-electron chi connectivity index (χ0n) is 7.03. The van der Waals surface area contributed by atoms with E-state index in [0.29, 0.717) is 6.42 Å². The Balaban J connectivity index is 4.00. The molecule has 12 heavy (non-hydrogen) atoms. The number of nitrogens with two attached hydrogens (primary N) is 1. The SMILES string of the molecule is C=CC[C@H](N)C[S-](=O)=NC(C)=O. The van der Waals surface area contributed by atoms with Crippen molar-refractivity contribution in [2.75, 3.05) is 5.75 Å². The third kappa shape index (κ3) is 6.06. The number of amides is 1. The summed E-state index contributed by atoms with van der Waals surface area (Å²) < 4.78 is 14.3. The van der Waals surface area contributed by atoms with Gasteiger partial charge in [-0.05, 0) is 12.5 Å². The lowest BCUT2D eigenvalue weighted by atomic mass is 10.2. The average molecular weight is 189 g/mol. The first-order valence-corrected chi connectivity index (χ1v) is 4.81. The highest BCUT2D eigenvalue weighted by atomic mass is 32.2. The van der Waals surface area contributed by atoms with Gasteiger partial charge in [0.15, 0.2) is 0 Å². The Morgan fingerprint density at radius 1 is 1.83 bits per heavy atom. The molecule has 0 unspecified atom stereocenters. The summed E-state index contributed by atoms with van der Waals surface area (Å²) >= 11 is 0. The summed E-state index contributed by atoms with van der Waals surface area (Å²) in [5.74, 6) is -0.217. The van der Waals surface area contributed by atoms with E-state index in [-0.39, 0.29) is 11.8 Å². The van der Waals surface area contributed by atoms with Gasteiger partial charge < -0.3 is 14.3 Å². The highest BCUT2D eigenvalue weighted by Crippen LogP contribution is 1.90. The molecule has 1 amide bonds. The van der Waals surface area contributed by atoms with Crippen LogP contribution >= 0.6 is 0 Å². The van der Waals surface area contributed by atoms with Gasteiger partial charge in [0.05, 0.1) is 0 Å². The van der Waals surface area contributed by atoms with Gasteiger partial charge in [-0.1, -0.05) is 11.8 Å². The summed E-state index contributed by atoms with van der Waals surface area (Å²) in [6.07, 6.45) is 2.23. The molecule has 0 heterocycles. The Hall–Kier alpha value is -0.680. The number of hydrogen-bond acceptors (Lipinski definition) is 4. The summed E-state index contributed by atoms with van der Waals surface area (Å²) in [7, 11) is -1.48. The zero-order valence-corrected chi connectivity index (χ0v) is 7.84. The molecule has 0 aliphatic rings. The maximum atomic E-state index is 10.9. The Bertz CT molecular complexity index is 244. The van der Waals surface area contributed by atoms with Crippen LogP contribution in [-0.2, 0) is 19.6 Å². The van der Waals surface area contributed by atoms with Crippen molar-refractivity contribution < 1.29 is 9.00 Å². The molecule has 0 aliphatic carbocycles. The standard InChI is InChI=1S/C7H13N2O2S/c1-3-4-7(8)5-12(11)9-6(2)10/h3,7H,1,4-5,8H2,2H3/q-1/t7-/m0/s1. The fourth-order valence-electron chi connectivity index (χ4n) is 0.646. The lowest BCUT2D eigenvalue weighted by Crippen LogP contribution is -2.24. The maximum absolute atomic E-state index is 10.9. The summed E-state index contributed by atoms with van der Waals surface area (Å²) in [4.78, 5) is 10.4. The molecule has 0 aromatic carbocycles. The quantitative estimate of drug-likeness (QED) is 0.519. The summed E-state index contributed by atoms with van der Waals surface area (Å²) in [5.41, 5.74) is 5.53. The second-order valence-electron chi connectivity index (χ2n) is 2.38. The average Bonchev–Trinajstić information content (AvgIpc) is 1.84. The molecule has 0 fully saturated rings. The van der Waals surface area contributed by atoms with Crippen LogP contribution in [0.25, 0.3) is 0 Å². The predicted octanol–water partition coefficient (Wildman–Crippen LogP) is 0.584. The van der Waals surface area contributed by atoms with Crippen LogP contribution in [-0.4, -0.2) is 17.7 Å². The smallest absolute Gasteiger partial charge is 0.219 e.